The summed E-state index contributed by atoms with van der Waals surface area (Å²) >= 11 is 0. The number of nitrogens with two attached hydrogens (primary N) is 1. The maximum atomic E-state index is 9.54. The molecule has 0 fully saturated rings. The molecule has 1 unspecified atom stereocenters. The van der Waals surface area contributed by atoms with E-state index in [9.17, 15) is 5.11 Å². The van der Waals surface area contributed by atoms with Crippen LogP contribution < -0.4 is 10.5 Å². The van der Waals surface area contributed by atoms with Gasteiger partial charge in [0.1, 0.15) is 11.5 Å². The maximum absolute atomic E-state index is 9.54. The number of hydrogen-bond acceptors (Lipinski definition) is 3. The van der Waals surface area contributed by atoms with Gasteiger partial charge in [-0.25, -0.2) is 0 Å². The highest BCUT2D eigenvalue weighted by Crippen LogP contribution is 2.37. The van der Waals surface area contributed by atoms with Gasteiger partial charge in [0, 0.05) is 11.8 Å². The molecule has 0 radical (unpaired) electrons. The fourth-order valence-corrected chi connectivity index (χ4v) is 3.06. The van der Waals surface area contributed by atoms with E-state index in [-0.39, 0.29) is 7.43 Å². The number of anilines is 1. The van der Waals surface area contributed by atoms with E-state index in [4.69, 9.17) is 10.5 Å². The van der Waals surface area contributed by atoms with Crippen molar-refractivity contribution in [2.75, 3.05) is 12.8 Å². The lowest BCUT2D eigenvalue weighted by Gasteiger charge is -2.26. The summed E-state index contributed by atoms with van der Waals surface area (Å²) in [5, 5.41) is 9.54. The molecule has 3 heteroatoms. The van der Waals surface area contributed by atoms with Crippen LogP contribution in [0.1, 0.15) is 50.3 Å². The lowest BCUT2D eigenvalue weighted by Crippen LogP contribution is -2.14. The third-order valence-corrected chi connectivity index (χ3v) is 4.15. The standard InChI is InChI=1S/C17H19NO2.C2H6.CH4/c1-20-15-6-7-16(17(18)10-15)13-3-2-12-9-14(19)5-4-11(12)8-13;1-2;/h4-7,9-10,13,19H,2-3,8,18H2,1H3;1-2H3;1H4. The predicted octanol–water partition coefficient (Wildman–Crippen LogP) is 4.92. The maximum Gasteiger partial charge on any atom is 0.120 e. The first-order valence-electron chi connectivity index (χ1n) is 7.91. The minimum absolute atomic E-state index is 0. The summed E-state index contributed by atoms with van der Waals surface area (Å²) in [6.07, 6.45) is 3.03. The molecule has 0 saturated heterocycles. The van der Waals surface area contributed by atoms with Crippen molar-refractivity contribution in [1.82, 2.24) is 0 Å². The first kappa shape index (κ1) is 18.9. The Morgan fingerprint density at radius 3 is 2.48 bits per heavy atom. The lowest BCUT2D eigenvalue weighted by molar-refractivity contribution is 0.414. The number of ether oxygens (including phenoxy) is 1. The zero-order valence-corrected chi connectivity index (χ0v) is 13.6. The molecule has 3 N–H and O–H groups in total. The monoisotopic (exact) mass is 315 g/mol. The summed E-state index contributed by atoms with van der Waals surface area (Å²) in [4.78, 5) is 0. The number of benzene rings is 2. The second kappa shape index (κ2) is 8.47. The van der Waals surface area contributed by atoms with Gasteiger partial charge in [-0.15, -0.1) is 0 Å². The van der Waals surface area contributed by atoms with Crippen LogP contribution in [0.15, 0.2) is 36.4 Å². The Morgan fingerprint density at radius 1 is 1.09 bits per heavy atom. The predicted molar refractivity (Wildman–Crippen MR) is 98.4 cm³/mol. The van der Waals surface area contributed by atoms with Gasteiger partial charge >= 0.3 is 0 Å². The van der Waals surface area contributed by atoms with Gasteiger partial charge in [-0.1, -0.05) is 33.4 Å². The zero-order chi connectivity index (χ0) is 16.1. The molecule has 3 nitrogen and oxygen atoms in total. The topological polar surface area (TPSA) is 55.5 Å². The normalized spacial score (nSPS) is 15.5. The number of aromatic hydroxyl groups is 1. The van der Waals surface area contributed by atoms with Gasteiger partial charge in [-0.05, 0) is 60.1 Å². The minimum atomic E-state index is 0. The number of aryl methyl sites for hydroxylation is 1. The second-order valence-corrected chi connectivity index (χ2v) is 5.39. The number of nitrogen functional groups attached to an aromatic ring is 1. The van der Waals surface area contributed by atoms with Gasteiger partial charge in [-0.3, -0.25) is 0 Å². The summed E-state index contributed by atoms with van der Waals surface area (Å²) in [5.74, 6) is 1.59. The van der Waals surface area contributed by atoms with Gasteiger partial charge < -0.3 is 15.6 Å². The van der Waals surface area contributed by atoms with Gasteiger partial charge in [-0.2, -0.15) is 0 Å². The molecule has 126 valence electrons. The van der Waals surface area contributed by atoms with Gasteiger partial charge in [0.2, 0.25) is 0 Å². The zero-order valence-electron chi connectivity index (χ0n) is 13.6. The van der Waals surface area contributed by atoms with Crippen molar-refractivity contribution < 1.29 is 9.84 Å². The van der Waals surface area contributed by atoms with Gasteiger partial charge in [0.05, 0.1) is 7.11 Å². The van der Waals surface area contributed by atoms with Crippen LogP contribution in [-0.2, 0) is 12.8 Å². The molecule has 0 spiro atoms. The van der Waals surface area contributed by atoms with Crippen LogP contribution in [-0.4, -0.2) is 12.2 Å². The average molecular weight is 315 g/mol. The Morgan fingerprint density at radius 2 is 1.83 bits per heavy atom. The van der Waals surface area contributed by atoms with Crippen molar-refractivity contribution in [2.45, 2.75) is 46.5 Å². The van der Waals surface area contributed by atoms with Crippen LogP contribution >= 0.6 is 0 Å². The molecule has 0 amide bonds. The van der Waals surface area contributed by atoms with E-state index in [1.807, 2.05) is 38.1 Å². The summed E-state index contributed by atoms with van der Waals surface area (Å²) < 4.78 is 5.20. The van der Waals surface area contributed by atoms with Crippen LogP contribution in [0.25, 0.3) is 0 Å². The van der Waals surface area contributed by atoms with Crippen molar-refractivity contribution in [2.24, 2.45) is 0 Å². The molecule has 1 aliphatic rings. The molecule has 1 aliphatic carbocycles. The Bertz CT molecular complexity index is 638. The van der Waals surface area contributed by atoms with Gasteiger partial charge in [0.15, 0.2) is 0 Å². The molecule has 0 heterocycles. The van der Waals surface area contributed by atoms with E-state index < -0.39 is 0 Å². The van der Waals surface area contributed by atoms with Crippen molar-refractivity contribution in [3.05, 3.63) is 53.1 Å². The third kappa shape index (κ3) is 4.19. The van der Waals surface area contributed by atoms with E-state index in [2.05, 4.69) is 6.07 Å². The SMILES string of the molecule is C.CC.COc1ccc(C2CCc3cc(O)ccc3C2)c(N)c1. The van der Waals surface area contributed by atoms with Gasteiger partial charge in [0.25, 0.3) is 0 Å². The number of fused-ring (bicyclic) bond motifs is 1. The molecule has 0 aliphatic heterocycles. The Balaban J connectivity index is 0.000000849. The molecule has 0 bridgehead atoms. The molecule has 0 aromatic heterocycles. The van der Waals surface area contributed by atoms with E-state index in [0.29, 0.717) is 11.7 Å². The number of hydrogen-bond donors (Lipinski definition) is 2. The molecule has 23 heavy (non-hydrogen) atoms. The summed E-state index contributed by atoms with van der Waals surface area (Å²) in [5.41, 5.74) is 10.7. The highest BCUT2D eigenvalue weighted by Gasteiger charge is 2.22. The first-order valence-corrected chi connectivity index (χ1v) is 7.91. The van der Waals surface area contributed by atoms with Crippen LogP contribution in [0, 0.1) is 0 Å². The fraction of sp³-hybridized carbons (Fsp3) is 0.400. The summed E-state index contributed by atoms with van der Waals surface area (Å²) in [7, 11) is 1.65. The van der Waals surface area contributed by atoms with E-state index >= 15 is 0 Å². The molecular formula is C20H29NO2. The molecule has 1 atom stereocenters. The number of phenols is 1. The van der Waals surface area contributed by atoms with Crippen molar-refractivity contribution >= 4 is 5.69 Å². The molecule has 3 rings (SSSR count). The highest BCUT2D eigenvalue weighted by molar-refractivity contribution is 5.54. The van der Waals surface area contributed by atoms with Crippen molar-refractivity contribution in [3.63, 3.8) is 0 Å². The van der Waals surface area contributed by atoms with Crippen molar-refractivity contribution in [3.8, 4) is 11.5 Å². The van der Waals surface area contributed by atoms with Crippen LogP contribution in [0.5, 0.6) is 11.5 Å². The Labute approximate surface area is 140 Å². The fourth-order valence-electron chi connectivity index (χ4n) is 3.06. The van der Waals surface area contributed by atoms with Crippen LogP contribution in [0.3, 0.4) is 0 Å². The Hall–Kier alpha value is -2.16. The quantitative estimate of drug-likeness (QED) is 0.774. The lowest BCUT2D eigenvalue weighted by atomic mass is 9.79. The number of phenolic OH excluding ortho intramolecular Hbond substituents is 1. The second-order valence-electron chi connectivity index (χ2n) is 5.39. The van der Waals surface area contributed by atoms with E-state index in [0.717, 1.165) is 30.7 Å². The first-order chi connectivity index (χ1) is 10.7. The molecular weight excluding hydrogens is 286 g/mol. The highest BCUT2D eigenvalue weighted by atomic mass is 16.5. The van der Waals surface area contributed by atoms with Crippen molar-refractivity contribution in [1.29, 1.82) is 0 Å². The summed E-state index contributed by atoms with van der Waals surface area (Å²) in [6.45, 7) is 4.00. The van der Waals surface area contributed by atoms with Crippen LogP contribution in [0.4, 0.5) is 5.69 Å². The van der Waals surface area contributed by atoms with E-state index in [1.54, 1.807) is 13.2 Å². The average Bonchev–Trinajstić information content (AvgIpc) is 2.56. The van der Waals surface area contributed by atoms with E-state index in [1.165, 1.54) is 16.7 Å². The Kier molecular flexibility index (Phi) is 6.95. The molecule has 2 aromatic rings. The smallest absolute Gasteiger partial charge is 0.120 e. The largest absolute Gasteiger partial charge is 0.508 e. The number of methoxy groups -OCH3 is 1. The minimum Gasteiger partial charge on any atom is -0.508 e. The molecule has 0 saturated carbocycles. The number of rotatable bonds is 2. The third-order valence-electron chi connectivity index (χ3n) is 4.15. The molecule has 2 aromatic carbocycles. The summed E-state index contributed by atoms with van der Waals surface area (Å²) in [6, 6.07) is 11.6. The van der Waals surface area contributed by atoms with Crippen LogP contribution in [0.2, 0.25) is 0 Å².